The summed E-state index contributed by atoms with van der Waals surface area (Å²) in [4.78, 5) is 12.1. The Bertz CT molecular complexity index is 732. The van der Waals surface area contributed by atoms with E-state index < -0.39 is 0 Å². The Labute approximate surface area is 108 Å². The van der Waals surface area contributed by atoms with Crippen LogP contribution in [0.15, 0.2) is 48.7 Å². The quantitative estimate of drug-likeness (QED) is 0.656. The first-order valence-corrected chi connectivity index (χ1v) is 5.76. The number of anilines is 1. The molecule has 1 heterocycles. The summed E-state index contributed by atoms with van der Waals surface area (Å²) in [5.74, 6) is -0.0952. The fourth-order valence-electron chi connectivity index (χ4n) is 1.88. The number of carbonyl (C=O) groups excluding carboxylic acids is 1. The molecule has 0 aliphatic rings. The average molecular weight is 253 g/mol. The van der Waals surface area contributed by atoms with Gasteiger partial charge in [0.25, 0.3) is 5.91 Å². The predicted molar refractivity (Wildman–Crippen MR) is 72.2 cm³/mol. The molecule has 5 heteroatoms. The lowest BCUT2D eigenvalue weighted by molar-refractivity contribution is 0.102. The van der Waals surface area contributed by atoms with Crippen molar-refractivity contribution in [1.82, 2.24) is 10.2 Å². The second kappa shape index (κ2) is 4.45. The highest BCUT2D eigenvalue weighted by Gasteiger charge is 2.08. The number of nitrogens with one attached hydrogen (secondary N) is 2. The molecule has 0 saturated heterocycles. The van der Waals surface area contributed by atoms with Gasteiger partial charge in [-0.25, -0.2) is 0 Å². The number of phenols is 1. The number of carbonyl (C=O) groups is 1. The molecule has 3 N–H and O–H groups in total. The highest BCUT2D eigenvalue weighted by Crippen LogP contribution is 2.21. The van der Waals surface area contributed by atoms with Gasteiger partial charge in [-0.2, -0.15) is 5.10 Å². The number of aromatic hydroxyl groups is 1. The molecule has 5 nitrogen and oxygen atoms in total. The van der Waals surface area contributed by atoms with Crippen molar-refractivity contribution in [3.8, 4) is 5.75 Å². The summed E-state index contributed by atoms with van der Waals surface area (Å²) in [6.07, 6.45) is 1.67. The topological polar surface area (TPSA) is 78.0 Å². The maximum atomic E-state index is 12.1. The molecule has 1 amide bonds. The summed E-state index contributed by atoms with van der Waals surface area (Å²) in [6.45, 7) is 0. The van der Waals surface area contributed by atoms with Crippen LogP contribution in [0, 0.1) is 0 Å². The Morgan fingerprint density at radius 3 is 2.74 bits per heavy atom. The van der Waals surface area contributed by atoms with E-state index in [0.717, 1.165) is 10.9 Å². The van der Waals surface area contributed by atoms with Crippen LogP contribution in [0.4, 0.5) is 5.69 Å². The molecular formula is C14H11N3O2. The van der Waals surface area contributed by atoms with Gasteiger partial charge in [-0.3, -0.25) is 9.89 Å². The van der Waals surface area contributed by atoms with Crippen LogP contribution in [-0.4, -0.2) is 21.2 Å². The number of nitrogens with zero attached hydrogens (tertiary/aromatic N) is 1. The monoisotopic (exact) mass is 253 g/mol. The zero-order chi connectivity index (χ0) is 13.2. The van der Waals surface area contributed by atoms with Crippen LogP contribution < -0.4 is 5.32 Å². The molecule has 0 saturated carbocycles. The number of fused-ring (bicyclic) bond motifs is 1. The van der Waals surface area contributed by atoms with Crippen LogP contribution in [0.3, 0.4) is 0 Å². The van der Waals surface area contributed by atoms with Gasteiger partial charge < -0.3 is 10.4 Å². The van der Waals surface area contributed by atoms with E-state index in [1.807, 2.05) is 18.2 Å². The molecule has 0 fully saturated rings. The summed E-state index contributed by atoms with van der Waals surface area (Å²) in [7, 11) is 0. The van der Waals surface area contributed by atoms with Crippen molar-refractivity contribution in [3.63, 3.8) is 0 Å². The van der Waals surface area contributed by atoms with Gasteiger partial charge >= 0.3 is 0 Å². The lowest BCUT2D eigenvalue weighted by atomic mass is 10.2. The summed E-state index contributed by atoms with van der Waals surface area (Å²) >= 11 is 0. The van der Waals surface area contributed by atoms with Gasteiger partial charge in [-0.05, 0) is 36.4 Å². The first kappa shape index (κ1) is 11.3. The van der Waals surface area contributed by atoms with E-state index in [0.29, 0.717) is 11.3 Å². The molecule has 0 aliphatic carbocycles. The van der Waals surface area contributed by atoms with Crippen molar-refractivity contribution >= 4 is 22.5 Å². The highest BCUT2D eigenvalue weighted by atomic mass is 16.3. The Morgan fingerprint density at radius 2 is 1.95 bits per heavy atom. The molecule has 0 spiro atoms. The minimum atomic E-state index is -0.228. The molecule has 0 atom stereocenters. The van der Waals surface area contributed by atoms with Crippen molar-refractivity contribution in [2.24, 2.45) is 0 Å². The Kier molecular flexibility index (Phi) is 2.64. The van der Waals surface area contributed by atoms with E-state index in [9.17, 15) is 9.90 Å². The lowest BCUT2D eigenvalue weighted by Crippen LogP contribution is -2.11. The molecule has 0 bridgehead atoms. The Hall–Kier alpha value is -2.82. The number of aromatic nitrogens is 2. The van der Waals surface area contributed by atoms with Crippen molar-refractivity contribution in [2.75, 3.05) is 5.32 Å². The maximum absolute atomic E-state index is 12.1. The van der Waals surface area contributed by atoms with Gasteiger partial charge in [0.05, 0.1) is 17.4 Å². The van der Waals surface area contributed by atoms with Crippen molar-refractivity contribution in [3.05, 3.63) is 54.2 Å². The third-order valence-electron chi connectivity index (χ3n) is 2.86. The smallest absolute Gasteiger partial charge is 0.255 e. The Balaban J connectivity index is 1.90. The van der Waals surface area contributed by atoms with Crippen molar-refractivity contribution in [1.29, 1.82) is 0 Å². The third kappa shape index (κ3) is 2.13. The zero-order valence-electron chi connectivity index (χ0n) is 9.92. The molecular weight excluding hydrogens is 242 g/mol. The van der Waals surface area contributed by atoms with Gasteiger partial charge in [-0.15, -0.1) is 0 Å². The van der Waals surface area contributed by atoms with E-state index in [4.69, 9.17) is 0 Å². The van der Waals surface area contributed by atoms with Crippen LogP contribution in [0.1, 0.15) is 10.4 Å². The fraction of sp³-hybridized carbons (Fsp3) is 0. The fourth-order valence-corrected chi connectivity index (χ4v) is 1.88. The first-order chi connectivity index (χ1) is 9.24. The molecule has 0 unspecified atom stereocenters. The van der Waals surface area contributed by atoms with Crippen molar-refractivity contribution in [2.45, 2.75) is 0 Å². The van der Waals surface area contributed by atoms with Gasteiger partial charge in [-0.1, -0.05) is 6.07 Å². The number of amides is 1. The van der Waals surface area contributed by atoms with E-state index in [1.54, 1.807) is 18.3 Å². The van der Waals surface area contributed by atoms with Gasteiger partial charge in [0.2, 0.25) is 0 Å². The summed E-state index contributed by atoms with van der Waals surface area (Å²) in [5, 5.41) is 19.7. The maximum Gasteiger partial charge on any atom is 0.255 e. The average Bonchev–Trinajstić information content (AvgIpc) is 2.89. The minimum absolute atomic E-state index is 0.133. The summed E-state index contributed by atoms with van der Waals surface area (Å²) < 4.78 is 0. The normalized spacial score (nSPS) is 10.5. The number of H-pyrrole nitrogens is 1. The van der Waals surface area contributed by atoms with Crippen LogP contribution in [0.2, 0.25) is 0 Å². The number of hydrogen-bond donors (Lipinski definition) is 3. The SMILES string of the molecule is O=C(Nc1cccc2[nH]ncc12)c1ccc(O)cc1. The number of benzene rings is 2. The molecule has 94 valence electrons. The number of aromatic amines is 1. The second-order valence-corrected chi connectivity index (χ2v) is 4.14. The van der Waals surface area contributed by atoms with Crippen LogP contribution >= 0.6 is 0 Å². The largest absolute Gasteiger partial charge is 0.508 e. The van der Waals surface area contributed by atoms with E-state index in [1.165, 1.54) is 12.1 Å². The molecule has 19 heavy (non-hydrogen) atoms. The zero-order valence-corrected chi connectivity index (χ0v) is 9.92. The standard InChI is InChI=1S/C14H11N3O2/c18-10-6-4-9(5-7-10)14(19)16-12-2-1-3-13-11(12)8-15-17-13/h1-8,18H,(H,15,17)(H,16,19). The second-order valence-electron chi connectivity index (χ2n) is 4.14. The number of rotatable bonds is 2. The number of hydrogen-bond acceptors (Lipinski definition) is 3. The molecule has 0 radical (unpaired) electrons. The van der Waals surface area contributed by atoms with Gasteiger partial charge in [0, 0.05) is 10.9 Å². The van der Waals surface area contributed by atoms with Gasteiger partial charge in [0.1, 0.15) is 5.75 Å². The minimum Gasteiger partial charge on any atom is -0.508 e. The van der Waals surface area contributed by atoms with Gasteiger partial charge in [0.15, 0.2) is 0 Å². The first-order valence-electron chi connectivity index (χ1n) is 5.76. The van der Waals surface area contributed by atoms with Crippen LogP contribution in [0.25, 0.3) is 10.9 Å². The lowest BCUT2D eigenvalue weighted by Gasteiger charge is -2.06. The van der Waals surface area contributed by atoms with E-state index in [2.05, 4.69) is 15.5 Å². The Morgan fingerprint density at radius 1 is 1.16 bits per heavy atom. The third-order valence-corrected chi connectivity index (χ3v) is 2.86. The molecule has 2 aromatic carbocycles. The molecule has 1 aromatic heterocycles. The van der Waals surface area contributed by atoms with Crippen LogP contribution in [-0.2, 0) is 0 Å². The predicted octanol–water partition coefficient (Wildman–Crippen LogP) is 2.52. The van der Waals surface area contributed by atoms with Crippen molar-refractivity contribution < 1.29 is 9.90 Å². The highest BCUT2D eigenvalue weighted by molar-refractivity contribution is 6.08. The van der Waals surface area contributed by atoms with E-state index >= 15 is 0 Å². The number of phenolic OH excluding ortho intramolecular Hbond substituents is 1. The molecule has 3 rings (SSSR count). The van der Waals surface area contributed by atoms with E-state index in [-0.39, 0.29) is 11.7 Å². The molecule has 3 aromatic rings. The summed E-state index contributed by atoms with van der Waals surface area (Å²) in [6, 6.07) is 11.6. The summed E-state index contributed by atoms with van der Waals surface area (Å²) in [5.41, 5.74) is 2.05. The van der Waals surface area contributed by atoms with Crippen LogP contribution in [0.5, 0.6) is 5.75 Å². The molecule has 0 aliphatic heterocycles.